The number of hydrogen-bond donors (Lipinski definition) is 0. The Labute approximate surface area is 128 Å². The maximum atomic E-state index is 2.33. The summed E-state index contributed by atoms with van der Waals surface area (Å²) < 4.78 is 0. The SMILES string of the molecule is C[C](C)[C@@H]1C[C@H]1[C@@H]1CC1(c1ccccc1)c1ccccc1. The van der Waals surface area contributed by atoms with Crippen LogP contribution >= 0.6 is 0 Å². The van der Waals surface area contributed by atoms with E-state index in [1.54, 1.807) is 5.92 Å². The van der Waals surface area contributed by atoms with E-state index in [4.69, 9.17) is 0 Å². The Hall–Kier alpha value is -1.56. The molecule has 4 rings (SSSR count). The molecule has 0 N–H and O–H groups in total. The first-order valence-corrected chi connectivity index (χ1v) is 8.14. The maximum absolute atomic E-state index is 2.33. The highest BCUT2D eigenvalue weighted by atomic mass is 14.7. The fourth-order valence-electron chi connectivity index (χ4n) is 4.43. The Bertz CT molecular complexity index is 572. The van der Waals surface area contributed by atoms with Crippen LogP contribution in [0.1, 0.15) is 37.8 Å². The van der Waals surface area contributed by atoms with E-state index in [0.717, 1.165) is 17.8 Å². The van der Waals surface area contributed by atoms with E-state index in [9.17, 15) is 0 Å². The minimum atomic E-state index is 0.289. The minimum Gasteiger partial charge on any atom is -0.0622 e. The molecular weight excluding hydrogens is 252 g/mol. The molecule has 2 aromatic rings. The molecule has 0 nitrogen and oxygen atoms in total. The molecule has 0 heterocycles. The van der Waals surface area contributed by atoms with Crippen LogP contribution < -0.4 is 0 Å². The lowest BCUT2D eigenvalue weighted by atomic mass is 9.84. The van der Waals surface area contributed by atoms with Crippen LogP contribution in [0.25, 0.3) is 0 Å². The van der Waals surface area contributed by atoms with E-state index in [1.807, 2.05) is 0 Å². The first-order chi connectivity index (χ1) is 10.2. The highest BCUT2D eigenvalue weighted by molar-refractivity contribution is 5.48. The molecule has 0 unspecified atom stereocenters. The standard InChI is InChI=1S/C21H23/c1-15(2)18-13-19(18)20-14-21(20,16-9-5-3-6-10-16)17-11-7-4-8-12-17/h3-12,18-20H,13-14H2,1-2H3/t18-,19+,20-/m0/s1. The first-order valence-electron chi connectivity index (χ1n) is 8.14. The molecule has 21 heavy (non-hydrogen) atoms. The molecule has 0 saturated heterocycles. The third-order valence-electron chi connectivity index (χ3n) is 5.69. The lowest BCUT2D eigenvalue weighted by Crippen LogP contribution is -2.13. The van der Waals surface area contributed by atoms with Gasteiger partial charge < -0.3 is 0 Å². The summed E-state index contributed by atoms with van der Waals surface area (Å²) in [5, 5.41) is 0. The van der Waals surface area contributed by atoms with Crippen molar-refractivity contribution in [1.29, 1.82) is 0 Å². The van der Waals surface area contributed by atoms with Crippen molar-refractivity contribution in [2.75, 3.05) is 0 Å². The highest BCUT2D eigenvalue weighted by Crippen LogP contribution is 2.69. The van der Waals surface area contributed by atoms with E-state index in [2.05, 4.69) is 74.5 Å². The Morgan fingerprint density at radius 2 is 1.38 bits per heavy atom. The van der Waals surface area contributed by atoms with Crippen molar-refractivity contribution in [2.24, 2.45) is 17.8 Å². The summed E-state index contributed by atoms with van der Waals surface area (Å²) in [6.07, 6.45) is 2.74. The monoisotopic (exact) mass is 275 g/mol. The van der Waals surface area contributed by atoms with Crippen molar-refractivity contribution < 1.29 is 0 Å². The molecule has 0 bridgehead atoms. The van der Waals surface area contributed by atoms with E-state index in [1.165, 1.54) is 24.0 Å². The maximum Gasteiger partial charge on any atom is 0.0237 e. The number of rotatable bonds is 4. The molecule has 0 amide bonds. The van der Waals surface area contributed by atoms with Gasteiger partial charge in [-0.1, -0.05) is 74.5 Å². The van der Waals surface area contributed by atoms with Crippen LogP contribution in [0.3, 0.4) is 0 Å². The van der Waals surface area contributed by atoms with Crippen LogP contribution in [0.4, 0.5) is 0 Å². The van der Waals surface area contributed by atoms with Crippen LogP contribution in [-0.2, 0) is 5.41 Å². The number of hydrogen-bond acceptors (Lipinski definition) is 0. The topological polar surface area (TPSA) is 0 Å². The summed E-state index contributed by atoms with van der Waals surface area (Å²) >= 11 is 0. The molecule has 1 radical (unpaired) electrons. The van der Waals surface area contributed by atoms with E-state index in [-0.39, 0.29) is 5.41 Å². The van der Waals surface area contributed by atoms with Crippen LogP contribution in [0, 0.1) is 23.7 Å². The molecule has 0 heteroatoms. The summed E-state index contributed by atoms with van der Waals surface area (Å²) in [6.45, 7) is 4.61. The van der Waals surface area contributed by atoms with Crippen LogP contribution in [0.2, 0.25) is 0 Å². The van der Waals surface area contributed by atoms with E-state index < -0.39 is 0 Å². The summed E-state index contributed by atoms with van der Waals surface area (Å²) in [4.78, 5) is 0. The van der Waals surface area contributed by atoms with Gasteiger partial charge in [0.15, 0.2) is 0 Å². The van der Waals surface area contributed by atoms with Crippen molar-refractivity contribution >= 4 is 0 Å². The minimum absolute atomic E-state index is 0.289. The fraction of sp³-hybridized carbons (Fsp3) is 0.381. The molecule has 0 aromatic heterocycles. The average Bonchev–Trinajstić information content (AvgIpc) is 3.41. The molecule has 0 spiro atoms. The Morgan fingerprint density at radius 3 is 1.81 bits per heavy atom. The number of benzene rings is 2. The second kappa shape index (κ2) is 4.73. The van der Waals surface area contributed by atoms with Gasteiger partial charge in [0.25, 0.3) is 0 Å². The smallest absolute Gasteiger partial charge is 0.0237 e. The molecule has 107 valence electrons. The Morgan fingerprint density at radius 1 is 0.857 bits per heavy atom. The predicted octanol–water partition coefficient (Wildman–Crippen LogP) is 5.24. The lowest BCUT2D eigenvalue weighted by Gasteiger charge is -2.19. The first kappa shape index (κ1) is 13.1. The van der Waals surface area contributed by atoms with Crippen molar-refractivity contribution in [2.45, 2.75) is 32.1 Å². The van der Waals surface area contributed by atoms with Crippen LogP contribution in [0.5, 0.6) is 0 Å². The lowest BCUT2D eigenvalue weighted by molar-refractivity contribution is 0.577. The van der Waals surface area contributed by atoms with Crippen LogP contribution in [-0.4, -0.2) is 0 Å². The van der Waals surface area contributed by atoms with Gasteiger partial charge in [0.05, 0.1) is 0 Å². The van der Waals surface area contributed by atoms with Gasteiger partial charge in [0, 0.05) is 5.41 Å². The van der Waals surface area contributed by atoms with E-state index >= 15 is 0 Å². The second-order valence-electron chi connectivity index (χ2n) is 7.10. The van der Waals surface area contributed by atoms with Gasteiger partial charge >= 0.3 is 0 Å². The largest absolute Gasteiger partial charge is 0.0622 e. The van der Waals surface area contributed by atoms with Gasteiger partial charge in [0.2, 0.25) is 0 Å². The molecule has 2 fully saturated rings. The van der Waals surface area contributed by atoms with Gasteiger partial charge in [0.1, 0.15) is 0 Å². The van der Waals surface area contributed by atoms with Gasteiger partial charge in [-0.05, 0) is 47.6 Å². The normalized spacial score (nSPS) is 29.4. The molecule has 2 aliphatic rings. The second-order valence-corrected chi connectivity index (χ2v) is 7.10. The zero-order chi connectivity index (χ0) is 14.4. The molecule has 2 aromatic carbocycles. The summed E-state index contributed by atoms with van der Waals surface area (Å²) in [6, 6.07) is 22.3. The molecule has 3 atom stereocenters. The van der Waals surface area contributed by atoms with Gasteiger partial charge in [-0.15, -0.1) is 0 Å². The highest BCUT2D eigenvalue weighted by Gasteiger charge is 2.64. The Balaban J connectivity index is 1.70. The fourth-order valence-corrected chi connectivity index (χ4v) is 4.43. The van der Waals surface area contributed by atoms with E-state index in [0.29, 0.717) is 0 Å². The summed E-state index contributed by atoms with van der Waals surface area (Å²) in [7, 11) is 0. The van der Waals surface area contributed by atoms with Crippen molar-refractivity contribution in [3.05, 3.63) is 77.7 Å². The Kier molecular flexibility index (Phi) is 2.96. The van der Waals surface area contributed by atoms with Gasteiger partial charge in [-0.2, -0.15) is 0 Å². The molecule has 2 aliphatic carbocycles. The predicted molar refractivity (Wildman–Crippen MR) is 88.0 cm³/mol. The quantitative estimate of drug-likeness (QED) is 0.715. The van der Waals surface area contributed by atoms with Gasteiger partial charge in [-0.25, -0.2) is 0 Å². The van der Waals surface area contributed by atoms with Crippen LogP contribution in [0.15, 0.2) is 60.7 Å². The third kappa shape index (κ3) is 2.04. The van der Waals surface area contributed by atoms with Crippen molar-refractivity contribution in [3.8, 4) is 0 Å². The third-order valence-corrected chi connectivity index (χ3v) is 5.69. The molecule has 0 aliphatic heterocycles. The molecule has 2 saturated carbocycles. The molecular formula is C21H23. The summed E-state index contributed by atoms with van der Waals surface area (Å²) in [5.41, 5.74) is 3.32. The zero-order valence-electron chi connectivity index (χ0n) is 12.9. The van der Waals surface area contributed by atoms with Gasteiger partial charge in [-0.3, -0.25) is 0 Å². The van der Waals surface area contributed by atoms with Crippen molar-refractivity contribution in [1.82, 2.24) is 0 Å². The summed E-state index contributed by atoms with van der Waals surface area (Å²) in [5.74, 6) is 4.25. The average molecular weight is 275 g/mol. The van der Waals surface area contributed by atoms with Crippen molar-refractivity contribution in [3.63, 3.8) is 0 Å². The zero-order valence-corrected chi connectivity index (χ0v) is 12.9.